The number of ether oxygens (including phenoxy) is 1. The highest BCUT2D eigenvalue weighted by Crippen LogP contribution is 2.17. The molecule has 1 fully saturated rings. The molecule has 0 saturated carbocycles. The van der Waals surface area contributed by atoms with Gasteiger partial charge in [0, 0.05) is 36.1 Å². The molecule has 0 bridgehead atoms. The molecule has 0 unspecified atom stereocenters. The molecule has 2 amide bonds. The molecule has 0 radical (unpaired) electrons. The minimum absolute atomic E-state index is 0.0233. The number of carbonyl (C=O) groups excluding carboxylic acids is 2. The van der Waals surface area contributed by atoms with Gasteiger partial charge >= 0.3 is 0 Å². The van der Waals surface area contributed by atoms with Crippen molar-refractivity contribution in [3.63, 3.8) is 0 Å². The van der Waals surface area contributed by atoms with E-state index in [1.165, 1.54) is 0 Å². The number of rotatable bonds is 6. The van der Waals surface area contributed by atoms with E-state index in [9.17, 15) is 9.59 Å². The number of benzene rings is 2. The van der Waals surface area contributed by atoms with Crippen LogP contribution in [0, 0.1) is 0 Å². The van der Waals surface area contributed by atoms with E-state index in [1.54, 1.807) is 31.4 Å². The number of amides is 2. The Bertz CT molecular complexity index is 798. The Morgan fingerprint density at radius 2 is 1.71 bits per heavy atom. The van der Waals surface area contributed by atoms with Crippen LogP contribution >= 0.6 is 11.6 Å². The van der Waals surface area contributed by atoms with Crippen LogP contribution in [0.15, 0.2) is 48.5 Å². The molecule has 2 aromatic carbocycles. The fraction of sp³-hybridized carbons (Fsp3) is 0.364. The zero-order valence-corrected chi connectivity index (χ0v) is 16.7. The summed E-state index contributed by atoms with van der Waals surface area (Å²) in [4.78, 5) is 26.7. The van der Waals surface area contributed by atoms with Crippen molar-refractivity contribution in [3.8, 4) is 5.75 Å². The van der Waals surface area contributed by atoms with Gasteiger partial charge in [-0.25, -0.2) is 0 Å². The van der Waals surface area contributed by atoms with Crippen molar-refractivity contribution < 1.29 is 14.3 Å². The van der Waals surface area contributed by atoms with Crippen molar-refractivity contribution in [2.24, 2.45) is 0 Å². The summed E-state index contributed by atoms with van der Waals surface area (Å²) in [6, 6.07) is 14.8. The first kappa shape index (κ1) is 20.2. The fourth-order valence-corrected chi connectivity index (χ4v) is 3.48. The second kappa shape index (κ2) is 9.60. The average Bonchev–Trinajstić information content (AvgIpc) is 2.73. The number of nitrogens with zero attached hydrogens (tertiary/aromatic N) is 1. The molecule has 0 aliphatic carbocycles. The van der Waals surface area contributed by atoms with Crippen molar-refractivity contribution in [2.45, 2.75) is 31.7 Å². The largest absolute Gasteiger partial charge is 0.497 e. The van der Waals surface area contributed by atoms with E-state index in [0.717, 1.165) is 24.2 Å². The van der Waals surface area contributed by atoms with Gasteiger partial charge in [0.25, 0.3) is 5.91 Å². The van der Waals surface area contributed by atoms with Gasteiger partial charge in [-0.3, -0.25) is 9.59 Å². The molecule has 0 aromatic heterocycles. The van der Waals surface area contributed by atoms with E-state index in [2.05, 4.69) is 5.32 Å². The lowest BCUT2D eigenvalue weighted by atomic mass is 10.0. The highest BCUT2D eigenvalue weighted by molar-refractivity contribution is 6.30. The summed E-state index contributed by atoms with van der Waals surface area (Å²) < 4.78 is 5.13. The van der Waals surface area contributed by atoms with Gasteiger partial charge in [0.2, 0.25) is 5.91 Å². The number of carbonyl (C=O) groups is 2. The van der Waals surface area contributed by atoms with Gasteiger partial charge in [0.1, 0.15) is 5.75 Å². The quantitative estimate of drug-likeness (QED) is 0.804. The van der Waals surface area contributed by atoms with E-state index in [1.807, 2.05) is 29.2 Å². The SMILES string of the molecule is COc1ccc(C(=O)N2CCC(NC(=O)CCc3ccc(Cl)cc3)CC2)cc1. The molecule has 6 heteroatoms. The van der Waals surface area contributed by atoms with Gasteiger partial charge in [0.05, 0.1) is 7.11 Å². The number of hydrogen-bond acceptors (Lipinski definition) is 3. The Labute approximate surface area is 170 Å². The maximum Gasteiger partial charge on any atom is 0.253 e. The van der Waals surface area contributed by atoms with Crippen molar-refractivity contribution in [2.75, 3.05) is 20.2 Å². The van der Waals surface area contributed by atoms with E-state index < -0.39 is 0 Å². The number of aryl methyl sites for hydroxylation is 1. The molecule has 0 spiro atoms. The fourth-order valence-electron chi connectivity index (χ4n) is 3.35. The van der Waals surface area contributed by atoms with Crippen molar-refractivity contribution in [3.05, 3.63) is 64.7 Å². The van der Waals surface area contributed by atoms with E-state index in [4.69, 9.17) is 16.3 Å². The summed E-state index contributed by atoms with van der Waals surface area (Å²) in [6.07, 6.45) is 2.69. The van der Waals surface area contributed by atoms with Crippen LogP contribution in [0.25, 0.3) is 0 Å². The molecule has 1 aliphatic heterocycles. The molecular formula is C22H25ClN2O3. The van der Waals surface area contributed by atoms with Crippen LogP contribution in [0.4, 0.5) is 0 Å². The Balaban J connectivity index is 1.42. The lowest BCUT2D eigenvalue weighted by molar-refractivity contribution is -0.122. The Kier molecular flexibility index (Phi) is 6.93. The third-order valence-electron chi connectivity index (χ3n) is 5.04. The van der Waals surface area contributed by atoms with Crippen molar-refractivity contribution in [1.82, 2.24) is 10.2 Å². The molecular weight excluding hydrogens is 376 g/mol. The zero-order chi connectivity index (χ0) is 19.9. The van der Waals surface area contributed by atoms with Crippen LogP contribution in [0.1, 0.15) is 35.2 Å². The molecule has 3 rings (SSSR count). The van der Waals surface area contributed by atoms with Crippen molar-refractivity contribution >= 4 is 23.4 Å². The Morgan fingerprint density at radius 1 is 1.07 bits per heavy atom. The second-order valence-corrected chi connectivity index (χ2v) is 7.43. The van der Waals surface area contributed by atoms with Gasteiger partial charge < -0.3 is 15.0 Å². The van der Waals surface area contributed by atoms with Crippen LogP contribution in [0.3, 0.4) is 0 Å². The maximum atomic E-state index is 12.6. The van der Waals surface area contributed by atoms with E-state index in [-0.39, 0.29) is 17.9 Å². The Hall–Kier alpha value is -2.53. The average molecular weight is 401 g/mol. The number of methoxy groups -OCH3 is 1. The normalized spacial score (nSPS) is 14.6. The molecule has 1 N–H and O–H groups in total. The number of piperidine rings is 1. The summed E-state index contributed by atoms with van der Waals surface area (Å²) in [5.74, 6) is 0.807. The summed E-state index contributed by atoms with van der Waals surface area (Å²) in [5.41, 5.74) is 1.76. The van der Waals surface area contributed by atoms with Crippen LogP contribution in [0.2, 0.25) is 5.02 Å². The van der Waals surface area contributed by atoms with Crippen LogP contribution in [-0.4, -0.2) is 43.0 Å². The summed E-state index contributed by atoms with van der Waals surface area (Å²) in [5, 5.41) is 3.79. The van der Waals surface area contributed by atoms with Gasteiger partial charge in [0.15, 0.2) is 0 Å². The minimum Gasteiger partial charge on any atom is -0.497 e. The first-order valence-electron chi connectivity index (χ1n) is 9.52. The minimum atomic E-state index is 0.0233. The molecule has 28 heavy (non-hydrogen) atoms. The molecule has 1 saturated heterocycles. The number of nitrogens with one attached hydrogen (secondary N) is 1. The Morgan fingerprint density at radius 3 is 2.32 bits per heavy atom. The van der Waals surface area contributed by atoms with Gasteiger partial charge in [-0.1, -0.05) is 23.7 Å². The van der Waals surface area contributed by atoms with E-state index in [0.29, 0.717) is 36.5 Å². The van der Waals surface area contributed by atoms with Crippen LogP contribution < -0.4 is 10.1 Å². The monoisotopic (exact) mass is 400 g/mol. The van der Waals surface area contributed by atoms with Gasteiger partial charge in [-0.2, -0.15) is 0 Å². The molecule has 148 valence electrons. The third-order valence-corrected chi connectivity index (χ3v) is 5.29. The highest BCUT2D eigenvalue weighted by Gasteiger charge is 2.24. The molecule has 0 atom stereocenters. The molecule has 5 nitrogen and oxygen atoms in total. The maximum absolute atomic E-state index is 12.6. The smallest absolute Gasteiger partial charge is 0.253 e. The summed E-state index contributed by atoms with van der Waals surface area (Å²) in [7, 11) is 1.60. The predicted molar refractivity (Wildman–Crippen MR) is 110 cm³/mol. The molecule has 1 aliphatic rings. The lowest BCUT2D eigenvalue weighted by Gasteiger charge is -2.32. The van der Waals surface area contributed by atoms with Gasteiger partial charge in [-0.15, -0.1) is 0 Å². The number of hydrogen-bond donors (Lipinski definition) is 1. The third kappa shape index (κ3) is 5.49. The van der Waals surface area contributed by atoms with Gasteiger partial charge in [-0.05, 0) is 61.2 Å². The topological polar surface area (TPSA) is 58.6 Å². The lowest BCUT2D eigenvalue weighted by Crippen LogP contribution is -2.46. The first-order valence-corrected chi connectivity index (χ1v) is 9.90. The van der Waals surface area contributed by atoms with Crippen LogP contribution in [0.5, 0.6) is 5.75 Å². The number of halogens is 1. The summed E-state index contributed by atoms with van der Waals surface area (Å²) in [6.45, 7) is 1.29. The van der Waals surface area contributed by atoms with Crippen LogP contribution in [-0.2, 0) is 11.2 Å². The highest BCUT2D eigenvalue weighted by atomic mass is 35.5. The number of likely N-dealkylation sites (tertiary alicyclic amines) is 1. The van der Waals surface area contributed by atoms with E-state index >= 15 is 0 Å². The molecule has 2 aromatic rings. The summed E-state index contributed by atoms with van der Waals surface area (Å²) >= 11 is 5.88. The standard InChI is InChI=1S/C22H25ClN2O3/c1-28-20-9-5-17(6-10-20)22(27)25-14-12-19(13-15-25)24-21(26)11-4-16-2-7-18(23)8-3-16/h2-3,5-10,19H,4,11-15H2,1H3,(H,24,26). The van der Waals surface area contributed by atoms with Crippen molar-refractivity contribution in [1.29, 1.82) is 0 Å². The predicted octanol–water partition coefficient (Wildman–Crippen LogP) is 3.70. The second-order valence-electron chi connectivity index (χ2n) is 6.99. The zero-order valence-electron chi connectivity index (χ0n) is 16.0. The molecule has 1 heterocycles. The first-order chi connectivity index (χ1) is 13.5.